The van der Waals surface area contributed by atoms with Crippen molar-refractivity contribution >= 4 is 22.6 Å². The van der Waals surface area contributed by atoms with Gasteiger partial charge in [-0.25, -0.2) is 4.98 Å². The Morgan fingerprint density at radius 2 is 2.00 bits per heavy atom. The predicted molar refractivity (Wildman–Crippen MR) is 86.1 cm³/mol. The number of hydrogen-bond acceptors (Lipinski definition) is 6. The van der Waals surface area contributed by atoms with Crippen LogP contribution in [0.5, 0.6) is 0 Å². The molecule has 1 N–H and O–H groups in total. The molecular formula is C15H24N4O2S. The van der Waals surface area contributed by atoms with Crippen LogP contribution in [-0.4, -0.2) is 57.1 Å². The molecule has 22 heavy (non-hydrogen) atoms. The number of hydrogen-bond donors (Lipinski definition) is 1. The first kappa shape index (κ1) is 15.7. The van der Waals surface area contributed by atoms with E-state index < -0.39 is 5.60 Å². The molecule has 1 aromatic heterocycles. The first-order valence-electron chi connectivity index (χ1n) is 8.22. The van der Waals surface area contributed by atoms with E-state index in [4.69, 9.17) is 0 Å². The van der Waals surface area contributed by atoms with E-state index in [0.717, 1.165) is 56.3 Å². The quantitative estimate of drug-likeness (QED) is 0.911. The molecule has 6 nitrogen and oxygen atoms in total. The third-order valence-electron chi connectivity index (χ3n) is 4.66. The Hall–Kier alpha value is -1.21. The van der Waals surface area contributed by atoms with Crippen molar-refractivity contribution < 1.29 is 9.90 Å². The Labute approximate surface area is 135 Å². The molecule has 0 aromatic carbocycles. The van der Waals surface area contributed by atoms with Crippen LogP contribution < -0.4 is 4.90 Å². The molecular weight excluding hydrogens is 300 g/mol. The third-order valence-corrected chi connectivity index (χ3v) is 5.47. The maximum atomic E-state index is 12.6. The van der Waals surface area contributed by atoms with Gasteiger partial charge in [-0.2, -0.15) is 4.37 Å². The van der Waals surface area contributed by atoms with Crippen LogP contribution in [0.2, 0.25) is 0 Å². The molecule has 0 unspecified atom stereocenters. The molecule has 1 amide bonds. The topological polar surface area (TPSA) is 69.6 Å². The molecule has 2 aliphatic rings. The van der Waals surface area contributed by atoms with E-state index in [1.54, 1.807) is 0 Å². The zero-order valence-electron chi connectivity index (χ0n) is 13.1. The Kier molecular flexibility index (Phi) is 4.63. The standard InChI is InChI=1S/C15H24N4O2S/c1-2-12-16-14(22-17-12)19-9-5-8-18(10-11-19)13(20)15(21)6-3-4-7-15/h21H,2-11H2,1H3. The Morgan fingerprint density at radius 3 is 2.68 bits per heavy atom. The Bertz CT molecular complexity index is 527. The summed E-state index contributed by atoms with van der Waals surface area (Å²) in [5.74, 6) is 0.816. The Morgan fingerprint density at radius 1 is 1.23 bits per heavy atom. The van der Waals surface area contributed by atoms with Gasteiger partial charge in [0, 0.05) is 44.1 Å². The molecule has 1 saturated heterocycles. The normalized spacial score (nSPS) is 21.9. The van der Waals surface area contributed by atoms with E-state index in [9.17, 15) is 9.90 Å². The van der Waals surface area contributed by atoms with Crippen LogP contribution in [0.1, 0.15) is 44.9 Å². The summed E-state index contributed by atoms with van der Waals surface area (Å²) in [6, 6.07) is 0. The Balaban J connectivity index is 1.63. The van der Waals surface area contributed by atoms with Gasteiger partial charge in [0.15, 0.2) is 0 Å². The van der Waals surface area contributed by atoms with Gasteiger partial charge in [-0.15, -0.1) is 0 Å². The molecule has 2 fully saturated rings. The van der Waals surface area contributed by atoms with Crippen molar-refractivity contribution in [2.75, 3.05) is 31.1 Å². The van der Waals surface area contributed by atoms with Crippen molar-refractivity contribution in [3.8, 4) is 0 Å². The van der Waals surface area contributed by atoms with E-state index in [-0.39, 0.29) is 5.91 Å². The molecule has 0 atom stereocenters. The third kappa shape index (κ3) is 3.10. The molecule has 1 aliphatic heterocycles. The van der Waals surface area contributed by atoms with Gasteiger partial charge in [0.25, 0.3) is 5.91 Å². The van der Waals surface area contributed by atoms with Crippen molar-refractivity contribution in [2.45, 2.75) is 51.0 Å². The number of aromatic nitrogens is 2. The maximum absolute atomic E-state index is 12.6. The lowest BCUT2D eigenvalue weighted by atomic mass is 10.0. The largest absolute Gasteiger partial charge is 0.380 e. The van der Waals surface area contributed by atoms with Crippen molar-refractivity contribution in [3.63, 3.8) is 0 Å². The fourth-order valence-electron chi connectivity index (χ4n) is 3.30. The van der Waals surface area contributed by atoms with E-state index >= 15 is 0 Å². The van der Waals surface area contributed by atoms with Gasteiger partial charge in [-0.05, 0) is 32.1 Å². The minimum absolute atomic E-state index is 0.0710. The molecule has 0 bridgehead atoms. The van der Waals surface area contributed by atoms with Crippen molar-refractivity contribution in [2.24, 2.45) is 0 Å². The number of carbonyl (C=O) groups excluding carboxylic acids is 1. The molecule has 122 valence electrons. The molecule has 1 saturated carbocycles. The fourth-order valence-corrected chi connectivity index (χ4v) is 4.10. The zero-order chi connectivity index (χ0) is 15.6. The number of rotatable bonds is 3. The summed E-state index contributed by atoms with van der Waals surface area (Å²) in [6.45, 7) is 5.08. The average molecular weight is 324 g/mol. The smallest absolute Gasteiger partial charge is 0.254 e. The van der Waals surface area contributed by atoms with Crippen molar-refractivity contribution in [1.29, 1.82) is 0 Å². The lowest BCUT2D eigenvalue weighted by Gasteiger charge is -2.29. The highest BCUT2D eigenvalue weighted by atomic mass is 32.1. The molecule has 2 heterocycles. The van der Waals surface area contributed by atoms with E-state index in [2.05, 4.69) is 21.2 Å². The van der Waals surface area contributed by atoms with Crippen LogP contribution in [0.3, 0.4) is 0 Å². The van der Waals surface area contributed by atoms with Gasteiger partial charge in [0.1, 0.15) is 11.4 Å². The SMILES string of the molecule is CCc1nsc(N2CCCN(C(=O)C3(O)CCCC3)CC2)n1. The number of amides is 1. The summed E-state index contributed by atoms with van der Waals surface area (Å²) in [7, 11) is 0. The first-order chi connectivity index (χ1) is 10.6. The molecule has 0 radical (unpaired) electrons. The van der Waals surface area contributed by atoms with Gasteiger partial charge in [0.2, 0.25) is 5.13 Å². The van der Waals surface area contributed by atoms with Crippen LogP contribution in [0.15, 0.2) is 0 Å². The highest BCUT2D eigenvalue weighted by Gasteiger charge is 2.41. The molecule has 3 rings (SSSR count). The lowest BCUT2D eigenvalue weighted by Crippen LogP contribution is -2.48. The van der Waals surface area contributed by atoms with Crippen LogP contribution in [0.4, 0.5) is 5.13 Å². The fraction of sp³-hybridized carbons (Fsp3) is 0.800. The van der Waals surface area contributed by atoms with Gasteiger partial charge in [-0.1, -0.05) is 6.92 Å². The summed E-state index contributed by atoms with van der Waals surface area (Å²) in [6.07, 6.45) is 4.88. The second kappa shape index (κ2) is 6.50. The number of aryl methyl sites for hydroxylation is 1. The number of anilines is 1. The number of aliphatic hydroxyl groups is 1. The van der Waals surface area contributed by atoms with Crippen LogP contribution in [-0.2, 0) is 11.2 Å². The van der Waals surface area contributed by atoms with Gasteiger partial charge < -0.3 is 14.9 Å². The second-order valence-corrected chi connectivity index (χ2v) is 6.95. The highest BCUT2D eigenvalue weighted by Crippen LogP contribution is 2.31. The first-order valence-corrected chi connectivity index (χ1v) is 8.99. The predicted octanol–water partition coefficient (Wildman–Crippen LogP) is 1.44. The zero-order valence-corrected chi connectivity index (χ0v) is 13.9. The van der Waals surface area contributed by atoms with E-state index in [1.807, 2.05) is 4.90 Å². The van der Waals surface area contributed by atoms with Crippen molar-refractivity contribution in [3.05, 3.63) is 5.82 Å². The minimum atomic E-state index is -1.10. The maximum Gasteiger partial charge on any atom is 0.254 e. The van der Waals surface area contributed by atoms with Crippen LogP contribution >= 0.6 is 11.5 Å². The molecule has 1 aliphatic carbocycles. The number of carbonyl (C=O) groups is 1. The van der Waals surface area contributed by atoms with Crippen molar-refractivity contribution in [1.82, 2.24) is 14.3 Å². The molecule has 1 aromatic rings. The van der Waals surface area contributed by atoms with Gasteiger partial charge >= 0.3 is 0 Å². The second-order valence-electron chi connectivity index (χ2n) is 6.22. The monoisotopic (exact) mass is 324 g/mol. The summed E-state index contributed by atoms with van der Waals surface area (Å²) in [5, 5.41) is 11.4. The summed E-state index contributed by atoms with van der Waals surface area (Å²) >= 11 is 1.44. The summed E-state index contributed by atoms with van der Waals surface area (Å²) in [4.78, 5) is 21.2. The van der Waals surface area contributed by atoms with E-state index in [1.165, 1.54) is 11.5 Å². The highest BCUT2D eigenvalue weighted by molar-refractivity contribution is 7.09. The molecule has 0 spiro atoms. The van der Waals surface area contributed by atoms with Crippen LogP contribution in [0.25, 0.3) is 0 Å². The minimum Gasteiger partial charge on any atom is -0.380 e. The van der Waals surface area contributed by atoms with Gasteiger partial charge in [0.05, 0.1) is 0 Å². The van der Waals surface area contributed by atoms with Gasteiger partial charge in [-0.3, -0.25) is 4.79 Å². The van der Waals surface area contributed by atoms with E-state index in [0.29, 0.717) is 19.4 Å². The number of nitrogens with zero attached hydrogens (tertiary/aromatic N) is 4. The summed E-state index contributed by atoms with van der Waals surface area (Å²) in [5.41, 5.74) is -1.10. The van der Waals surface area contributed by atoms with Crippen LogP contribution in [0, 0.1) is 0 Å². The average Bonchev–Trinajstić information content (AvgIpc) is 3.11. The molecule has 7 heteroatoms. The summed E-state index contributed by atoms with van der Waals surface area (Å²) < 4.78 is 4.34. The lowest BCUT2D eigenvalue weighted by molar-refractivity contribution is -0.150.